The predicted octanol–water partition coefficient (Wildman–Crippen LogP) is 4.30. The summed E-state index contributed by atoms with van der Waals surface area (Å²) >= 11 is 0. The third-order valence-corrected chi connectivity index (χ3v) is 5.15. The molecule has 0 aromatic carbocycles. The fraction of sp³-hybridized carbons (Fsp3) is 0.571. The van der Waals surface area contributed by atoms with E-state index in [9.17, 15) is 0 Å². The van der Waals surface area contributed by atoms with Gasteiger partial charge in [0.05, 0.1) is 6.54 Å². The van der Waals surface area contributed by atoms with Crippen LogP contribution in [-0.2, 0) is 6.54 Å². The van der Waals surface area contributed by atoms with E-state index in [0.717, 1.165) is 36.3 Å². The van der Waals surface area contributed by atoms with Crippen molar-refractivity contribution in [3.8, 4) is 5.82 Å². The molecule has 1 saturated carbocycles. The Morgan fingerprint density at radius 1 is 1.21 bits per heavy atom. The number of guanidine groups is 1. The zero-order valence-corrected chi connectivity index (χ0v) is 19.1. The maximum absolute atomic E-state index is 4.70. The second-order valence-electron chi connectivity index (χ2n) is 7.26. The van der Waals surface area contributed by atoms with Crippen LogP contribution < -0.4 is 10.6 Å². The van der Waals surface area contributed by atoms with Gasteiger partial charge >= 0.3 is 0 Å². The van der Waals surface area contributed by atoms with E-state index in [1.54, 1.807) is 12.5 Å². The van der Waals surface area contributed by atoms with Gasteiger partial charge in [0.1, 0.15) is 12.1 Å². The number of aromatic nitrogens is 3. The van der Waals surface area contributed by atoms with Crippen LogP contribution in [0.1, 0.15) is 57.4 Å². The molecule has 0 unspecified atom stereocenters. The van der Waals surface area contributed by atoms with Crippen molar-refractivity contribution in [2.45, 2.75) is 58.4 Å². The second-order valence-corrected chi connectivity index (χ2v) is 7.26. The molecule has 0 bridgehead atoms. The average molecular weight is 496 g/mol. The highest BCUT2D eigenvalue weighted by atomic mass is 127. The van der Waals surface area contributed by atoms with Crippen molar-refractivity contribution >= 4 is 29.9 Å². The van der Waals surface area contributed by atoms with Crippen LogP contribution in [0.4, 0.5) is 0 Å². The van der Waals surface area contributed by atoms with E-state index < -0.39 is 0 Å². The first-order valence-corrected chi connectivity index (χ1v) is 10.3. The molecule has 1 aliphatic carbocycles. The fourth-order valence-electron chi connectivity index (χ4n) is 3.64. The van der Waals surface area contributed by atoms with E-state index in [1.807, 2.05) is 23.0 Å². The summed E-state index contributed by atoms with van der Waals surface area (Å²) in [4.78, 5) is 13.2. The lowest BCUT2D eigenvalue weighted by molar-refractivity contribution is 0.332. The maximum atomic E-state index is 4.70. The van der Waals surface area contributed by atoms with Crippen LogP contribution in [0.15, 0.2) is 42.0 Å². The molecule has 7 heteroatoms. The number of rotatable bonds is 8. The molecule has 2 aromatic heterocycles. The molecule has 1 aliphatic rings. The Balaban J connectivity index is 0.00000280. The van der Waals surface area contributed by atoms with Crippen molar-refractivity contribution in [1.29, 1.82) is 0 Å². The lowest BCUT2D eigenvalue weighted by Gasteiger charge is -2.21. The van der Waals surface area contributed by atoms with Crippen LogP contribution in [0.3, 0.4) is 0 Å². The molecule has 2 N–H and O–H groups in total. The lowest BCUT2D eigenvalue weighted by Crippen LogP contribution is -2.37. The molecule has 0 atom stereocenters. The van der Waals surface area contributed by atoms with Crippen molar-refractivity contribution in [3.63, 3.8) is 0 Å². The van der Waals surface area contributed by atoms with Crippen molar-refractivity contribution < 1.29 is 0 Å². The summed E-state index contributed by atoms with van der Waals surface area (Å²) < 4.78 is 1.89. The van der Waals surface area contributed by atoms with E-state index in [-0.39, 0.29) is 24.0 Å². The summed E-state index contributed by atoms with van der Waals surface area (Å²) in [6.07, 6.45) is 17.0. The predicted molar refractivity (Wildman–Crippen MR) is 125 cm³/mol. The van der Waals surface area contributed by atoms with Crippen LogP contribution in [0.5, 0.6) is 0 Å². The van der Waals surface area contributed by atoms with Gasteiger partial charge in [-0.25, -0.2) is 15.0 Å². The summed E-state index contributed by atoms with van der Waals surface area (Å²) in [6, 6.07) is 4.07. The van der Waals surface area contributed by atoms with E-state index >= 15 is 0 Å². The Bertz CT molecular complexity index is 677. The average Bonchev–Trinajstić information content (AvgIpc) is 3.25. The number of aliphatic imine (C=N–C) groups is 1. The molecule has 0 saturated heterocycles. The van der Waals surface area contributed by atoms with E-state index in [1.165, 1.54) is 44.9 Å². The second kappa shape index (κ2) is 12.7. The van der Waals surface area contributed by atoms with Gasteiger partial charge in [0.15, 0.2) is 5.96 Å². The molecule has 0 amide bonds. The maximum Gasteiger partial charge on any atom is 0.191 e. The summed E-state index contributed by atoms with van der Waals surface area (Å²) in [5.74, 6) is 2.70. The van der Waals surface area contributed by atoms with Gasteiger partial charge in [0.25, 0.3) is 0 Å². The van der Waals surface area contributed by atoms with Crippen LogP contribution >= 0.6 is 24.0 Å². The minimum absolute atomic E-state index is 0. The van der Waals surface area contributed by atoms with Gasteiger partial charge in [-0.3, -0.25) is 4.57 Å². The van der Waals surface area contributed by atoms with Gasteiger partial charge < -0.3 is 10.6 Å². The number of imidazole rings is 1. The Hall–Kier alpha value is -1.64. The Kier molecular flexibility index (Phi) is 10.3. The van der Waals surface area contributed by atoms with Gasteiger partial charge in [-0.15, -0.1) is 24.0 Å². The number of nitrogens with zero attached hydrogens (tertiary/aromatic N) is 4. The van der Waals surface area contributed by atoms with Crippen molar-refractivity contribution in [3.05, 3.63) is 42.6 Å². The molecule has 28 heavy (non-hydrogen) atoms. The minimum Gasteiger partial charge on any atom is -0.357 e. The van der Waals surface area contributed by atoms with Crippen LogP contribution in [0.25, 0.3) is 5.82 Å². The summed E-state index contributed by atoms with van der Waals surface area (Å²) in [6.45, 7) is 4.57. The first kappa shape index (κ1) is 22.6. The number of hydrogen-bond donors (Lipinski definition) is 2. The van der Waals surface area contributed by atoms with E-state index in [2.05, 4.69) is 33.6 Å². The van der Waals surface area contributed by atoms with Crippen molar-refractivity contribution in [2.24, 2.45) is 10.9 Å². The molecule has 1 fully saturated rings. The van der Waals surface area contributed by atoms with Gasteiger partial charge in [-0.2, -0.15) is 0 Å². The largest absolute Gasteiger partial charge is 0.357 e. The summed E-state index contributed by atoms with van der Waals surface area (Å²) in [5, 5.41) is 6.80. The smallest absolute Gasteiger partial charge is 0.191 e. The number of halogens is 1. The first-order chi connectivity index (χ1) is 13.3. The molecule has 3 rings (SSSR count). The standard InChI is InChI=1S/C21H32N6.HI/c1-2-23-21(24-12-6-9-18-7-4-3-5-8-18)26-16-19-10-11-20(25-15-19)27-14-13-22-17-27;/h10-11,13-15,17-18H,2-9,12,16H2,1H3,(H2,23,24,26);1H. The quantitative estimate of drug-likeness (QED) is 0.248. The van der Waals surface area contributed by atoms with Gasteiger partial charge in [-0.1, -0.05) is 38.2 Å². The SMILES string of the molecule is CCNC(=NCc1ccc(-n2ccnc2)nc1)NCCCC1CCCCC1.I. The Morgan fingerprint density at radius 3 is 2.75 bits per heavy atom. The summed E-state index contributed by atoms with van der Waals surface area (Å²) in [5.41, 5.74) is 1.10. The molecule has 6 nitrogen and oxygen atoms in total. The normalized spacial score (nSPS) is 15.1. The molecule has 2 aromatic rings. The molecule has 0 spiro atoms. The molecule has 2 heterocycles. The minimum atomic E-state index is 0. The molecular weight excluding hydrogens is 463 g/mol. The highest BCUT2D eigenvalue weighted by molar-refractivity contribution is 14.0. The highest BCUT2D eigenvalue weighted by Crippen LogP contribution is 2.26. The lowest BCUT2D eigenvalue weighted by atomic mass is 9.86. The Labute approximate surface area is 185 Å². The molecule has 154 valence electrons. The van der Waals surface area contributed by atoms with E-state index in [0.29, 0.717) is 6.54 Å². The van der Waals surface area contributed by atoms with Crippen molar-refractivity contribution in [2.75, 3.05) is 13.1 Å². The molecule has 0 aliphatic heterocycles. The topological polar surface area (TPSA) is 67.1 Å². The number of nitrogens with one attached hydrogen (secondary N) is 2. The van der Waals surface area contributed by atoms with Gasteiger partial charge in [0, 0.05) is 31.7 Å². The zero-order chi connectivity index (χ0) is 18.7. The van der Waals surface area contributed by atoms with Crippen LogP contribution in [0.2, 0.25) is 0 Å². The first-order valence-electron chi connectivity index (χ1n) is 10.3. The summed E-state index contributed by atoms with van der Waals surface area (Å²) in [7, 11) is 0. The number of pyridine rings is 1. The molecular formula is C21H33IN6. The van der Waals surface area contributed by atoms with Crippen molar-refractivity contribution in [1.82, 2.24) is 25.2 Å². The van der Waals surface area contributed by atoms with Crippen LogP contribution in [0, 0.1) is 5.92 Å². The fourth-order valence-corrected chi connectivity index (χ4v) is 3.64. The third-order valence-electron chi connectivity index (χ3n) is 5.15. The van der Waals surface area contributed by atoms with Gasteiger partial charge in [0.2, 0.25) is 0 Å². The zero-order valence-electron chi connectivity index (χ0n) is 16.8. The number of hydrogen-bond acceptors (Lipinski definition) is 3. The monoisotopic (exact) mass is 496 g/mol. The van der Waals surface area contributed by atoms with Gasteiger partial charge in [-0.05, 0) is 37.3 Å². The molecule has 0 radical (unpaired) electrons. The Morgan fingerprint density at radius 2 is 2.07 bits per heavy atom. The van der Waals surface area contributed by atoms with E-state index in [4.69, 9.17) is 4.99 Å². The third kappa shape index (κ3) is 7.41. The highest BCUT2D eigenvalue weighted by Gasteiger charge is 2.12. The van der Waals surface area contributed by atoms with Crippen LogP contribution in [-0.4, -0.2) is 33.6 Å².